The van der Waals surface area contributed by atoms with Crippen LogP contribution in [0.3, 0.4) is 0 Å². The molecule has 13 heavy (non-hydrogen) atoms. The van der Waals surface area contributed by atoms with E-state index in [0.717, 1.165) is 12.5 Å². The molecule has 0 spiro atoms. The maximum Gasteiger partial charge on any atom is 0.420 e. The second kappa shape index (κ2) is 2.41. The van der Waals surface area contributed by atoms with Crippen molar-refractivity contribution in [2.45, 2.75) is 6.18 Å². The first-order valence-electron chi connectivity index (χ1n) is 3.30. The summed E-state index contributed by atoms with van der Waals surface area (Å²) >= 11 is 0. The molecule has 1 N–H and O–H groups in total. The molecule has 1 aromatic rings. The number of rotatable bonds is 1. The van der Waals surface area contributed by atoms with Crippen LogP contribution in [-0.2, 0) is 6.18 Å². The Morgan fingerprint density at radius 1 is 1.31 bits per heavy atom. The van der Waals surface area contributed by atoms with Crippen LogP contribution in [0, 0.1) is 0 Å². The minimum Gasteiger partial charge on any atom is -0.256 e. The summed E-state index contributed by atoms with van der Waals surface area (Å²) in [5, 5.41) is 3.42. The zero-order valence-corrected chi connectivity index (χ0v) is 6.13. The van der Waals surface area contributed by atoms with Crippen molar-refractivity contribution >= 4 is 5.84 Å². The molecule has 1 aliphatic rings. The van der Waals surface area contributed by atoms with Gasteiger partial charge in [0.25, 0.3) is 0 Å². The van der Waals surface area contributed by atoms with Gasteiger partial charge in [-0.05, 0) is 0 Å². The van der Waals surface area contributed by atoms with Crippen LogP contribution >= 0.6 is 0 Å². The molecule has 1 aliphatic heterocycles. The van der Waals surface area contributed by atoms with Crippen LogP contribution in [0.15, 0.2) is 17.6 Å². The average Bonchev–Trinajstić information content (AvgIpc) is 2.85. The Morgan fingerprint density at radius 2 is 2.00 bits per heavy atom. The number of nitrogens with zero attached hydrogens (tertiary/aromatic N) is 3. The smallest absolute Gasteiger partial charge is 0.256 e. The van der Waals surface area contributed by atoms with Crippen molar-refractivity contribution in [3.63, 3.8) is 0 Å². The Hall–Kier alpha value is -1.66. The van der Waals surface area contributed by atoms with Crippen molar-refractivity contribution in [3.05, 3.63) is 23.8 Å². The highest BCUT2D eigenvalue weighted by Crippen LogP contribution is 2.31. The normalized spacial score (nSPS) is 14.8. The zero-order valence-electron chi connectivity index (χ0n) is 6.13. The SMILES string of the molecule is FC(F)(F)c1cncnc1C1=NN1. The lowest BCUT2D eigenvalue weighted by molar-refractivity contribution is -0.138. The fourth-order valence-corrected chi connectivity index (χ4v) is 0.860. The molecule has 0 aromatic carbocycles. The third-order valence-corrected chi connectivity index (χ3v) is 1.47. The molecule has 1 aromatic heterocycles. The zero-order chi connectivity index (χ0) is 9.47. The van der Waals surface area contributed by atoms with Gasteiger partial charge in [-0.3, -0.25) is 5.43 Å². The van der Waals surface area contributed by atoms with E-state index in [1.54, 1.807) is 0 Å². The van der Waals surface area contributed by atoms with E-state index in [2.05, 4.69) is 20.5 Å². The van der Waals surface area contributed by atoms with E-state index in [-0.39, 0.29) is 11.5 Å². The molecule has 0 saturated heterocycles. The van der Waals surface area contributed by atoms with Crippen molar-refractivity contribution in [2.75, 3.05) is 0 Å². The molecule has 2 rings (SSSR count). The summed E-state index contributed by atoms with van der Waals surface area (Å²) in [6.45, 7) is 0. The van der Waals surface area contributed by atoms with Crippen molar-refractivity contribution in [1.82, 2.24) is 15.4 Å². The first-order chi connectivity index (χ1) is 6.09. The number of amidine groups is 1. The molecule has 0 atom stereocenters. The van der Waals surface area contributed by atoms with Crippen LogP contribution in [0.25, 0.3) is 0 Å². The Kier molecular flexibility index (Phi) is 1.48. The molecule has 7 heteroatoms. The van der Waals surface area contributed by atoms with Gasteiger partial charge >= 0.3 is 6.18 Å². The highest BCUT2D eigenvalue weighted by molar-refractivity contribution is 6.05. The molecule has 0 radical (unpaired) electrons. The van der Waals surface area contributed by atoms with Crippen molar-refractivity contribution in [2.24, 2.45) is 5.10 Å². The molecule has 0 bridgehead atoms. The second-order valence-electron chi connectivity index (χ2n) is 2.35. The highest BCUT2D eigenvalue weighted by atomic mass is 19.4. The van der Waals surface area contributed by atoms with Crippen LogP contribution in [0.4, 0.5) is 13.2 Å². The van der Waals surface area contributed by atoms with Gasteiger partial charge in [0.05, 0.1) is 0 Å². The van der Waals surface area contributed by atoms with Gasteiger partial charge < -0.3 is 0 Å². The molecule has 0 fully saturated rings. The molecule has 2 heterocycles. The molecule has 68 valence electrons. The predicted molar refractivity (Wildman–Crippen MR) is 36.7 cm³/mol. The van der Waals surface area contributed by atoms with Gasteiger partial charge in [0.15, 0.2) is 5.84 Å². The molecule has 0 amide bonds. The topological polar surface area (TPSA) is 60.1 Å². The number of hydrogen-bond acceptors (Lipinski definition) is 4. The fraction of sp³-hybridized carbons (Fsp3) is 0.167. The Labute approximate surface area is 70.5 Å². The van der Waals surface area contributed by atoms with Crippen LogP contribution in [0.2, 0.25) is 0 Å². The fourth-order valence-electron chi connectivity index (χ4n) is 0.860. The van der Waals surface area contributed by atoms with Gasteiger partial charge in [-0.1, -0.05) is 0 Å². The maximum atomic E-state index is 12.3. The number of hydrogen-bond donors (Lipinski definition) is 1. The van der Waals surface area contributed by atoms with E-state index in [1.165, 1.54) is 0 Å². The number of halogens is 3. The quantitative estimate of drug-likeness (QED) is 0.707. The highest BCUT2D eigenvalue weighted by Gasteiger charge is 2.37. The second-order valence-corrected chi connectivity index (χ2v) is 2.35. The first-order valence-corrected chi connectivity index (χ1v) is 3.30. The van der Waals surface area contributed by atoms with E-state index in [1.807, 2.05) is 0 Å². The van der Waals surface area contributed by atoms with Crippen molar-refractivity contribution < 1.29 is 13.2 Å². The van der Waals surface area contributed by atoms with Crippen LogP contribution in [-0.4, -0.2) is 15.8 Å². The van der Waals surface area contributed by atoms with Gasteiger partial charge in [0.2, 0.25) is 0 Å². The van der Waals surface area contributed by atoms with Crippen LogP contribution in [0.1, 0.15) is 11.3 Å². The molecule has 0 saturated carbocycles. The summed E-state index contributed by atoms with van der Waals surface area (Å²) in [5.41, 5.74) is 1.23. The van der Waals surface area contributed by atoms with Gasteiger partial charge in [-0.25, -0.2) is 9.97 Å². The lowest BCUT2D eigenvalue weighted by Gasteiger charge is -2.06. The largest absolute Gasteiger partial charge is 0.420 e. The van der Waals surface area contributed by atoms with Crippen molar-refractivity contribution in [3.8, 4) is 0 Å². The van der Waals surface area contributed by atoms with E-state index >= 15 is 0 Å². The Bertz CT molecular complexity index is 370. The predicted octanol–water partition coefficient (Wildman–Crippen LogP) is 0.760. The number of nitrogens with one attached hydrogen (secondary N) is 1. The number of aromatic nitrogens is 2. The number of hydrazone groups is 1. The van der Waals surface area contributed by atoms with Crippen LogP contribution in [0.5, 0.6) is 0 Å². The summed E-state index contributed by atoms with van der Waals surface area (Å²) in [7, 11) is 0. The summed E-state index contributed by atoms with van der Waals surface area (Å²) in [6.07, 6.45) is -2.67. The molecule has 0 unspecified atom stereocenters. The average molecular weight is 188 g/mol. The monoisotopic (exact) mass is 188 g/mol. The third-order valence-electron chi connectivity index (χ3n) is 1.47. The Balaban J connectivity index is 2.49. The van der Waals surface area contributed by atoms with E-state index < -0.39 is 11.7 Å². The lowest BCUT2D eigenvalue weighted by atomic mass is 10.2. The first kappa shape index (κ1) is 7.96. The van der Waals surface area contributed by atoms with Crippen LogP contribution < -0.4 is 5.43 Å². The lowest BCUT2D eigenvalue weighted by Crippen LogP contribution is -2.14. The van der Waals surface area contributed by atoms with Crippen molar-refractivity contribution in [1.29, 1.82) is 0 Å². The third kappa shape index (κ3) is 1.44. The standard InChI is InChI=1S/C6H3F3N4/c7-6(8,9)3-1-10-2-11-4(3)5-12-13-5/h1-2H,(H,12,13). The molecular weight excluding hydrogens is 185 g/mol. The van der Waals surface area contributed by atoms with Gasteiger partial charge in [-0.2, -0.15) is 18.3 Å². The van der Waals surface area contributed by atoms with E-state index in [4.69, 9.17) is 0 Å². The van der Waals surface area contributed by atoms with Gasteiger partial charge in [-0.15, -0.1) is 0 Å². The van der Waals surface area contributed by atoms with Gasteiger partial charge in [0.1, 0.15) is 17.6 Å². The minimum atomic E-state index is -4.44. The molecular formula is C6H3F3N4. The maximum absolute atomic E-state index is 12.3. The molecule has 4 nitrogen and oxygen atoms in total. The minimum absolute atomic E-state index is 0.148. The van der Waals surface area contributed by atoms with E-state index in [9.17, 15) is 13.2 Å². The summed E-state index contributed by atoms with van der Waals surface area (Å²) in [5.74, 6) is 0.148. The number of alkyl halides is 3. The molecule has 0 aliphatic carbocycles. The summed E-state index contributed by atoms with van der Waals surface area (Å²) in [4.78, 5) is 6.79. The summed E-state index contributed by atoms with van der Waals surface area (Å²) < 4.78 is 36.8. The van der Waals surface area contributed by atoms with Gasteiger partial charge in [0, 0.05) is 6.20 Å². The summed E-state index contributed by atoms with van der Waals surface area (Å²) in [6, 6.07) is 0. The Morgan fingerprint density at radius 3 is 2.54 bits per heavy atom. The van der Waals surface area contributed by atoms with E-state index in [0.29, 0.717) is 0 Å².